The molecule has 0 aliphatic carbocycles. The van der Waals surface area contributed by atoms with E-state index in [2.05, 4.69) is 19.2 Å². The van der Waals surface area contributed by atoms with Crippen molar-refractivity contribution in [2.45, 2.75) is 33.2 Å². The van der Waals surface area contributed by atoms with E-state index in [1.807, 2.05) is 30.3 Å². The first-order chi connectivity index (χ1) is 11.4. The number of hydrogen-bond acceptors (Lipinski definition) is 3. The van der Waals surface area contributed by atoms with E-state index in [0.29, 0.717) is 28.4 Å². The van der Waals surface area contributed by atoms with Gasteiger partial charge in [-0.1, -0.05) is 44.2 Å². The largest absolute Gasteiger partial charge is 0.398 e. The van der Waals surface area contributed by atoms with Crippen molar-refractivity contribution in [3.63, 3.8) is 0 Å². The Morgan fingerprint density at radius 2 is 1.83 bits per heavy atom. The lowest BCUT2D eigenvalue weighted by Crippen LogP contribution is -2.29. The average molecular weight is 323 g/mol. The van der Waals surface area contributed by atoms with Crippen LogP contribution in [0.15, 0.2) is 48.5 Å². The number of carbonyl (C=O) groups is 1. The Labute approximate surface area is 143 Å². The van der Waals surface area contributed by atoms with Gasteiger partial charge in [0, 0.05) is 22.5 Å². The van der Waals surface area contributed by atoms with Gasteiger partial charge in [0.15, 0.2) is 0 Å². The summed E-state index contributed by atoms with van der Waals surface area (Å²) < 4.78 is 0. The molecule has 2 rings (SSSR count). The van der Waals surface area contributed by atoms with Crippen LogP contribution in [0.3, 0.4) is 0 Å². The topological polar surface area (TPSA) is 79.0 Å². The molecule has 4 heteroatoms. The number of carbonyl (C=O) groups excluding carboxylic acids is 1. The zero-order valence-corrected chi connectivity index (χ0v) is 14.5. The van der Waals surface area contributed by atoms with Crippen molar-refractivity contribution in [2.75, 3.05) is 5.73 Å². The highest BCUT2D eigenvalue weighted by Crippen LogP contribution is 2.22. The lowest BCUT2D eigenvalue weighted by Gasteiger charge is -2.21. The lowest BCUT2D eigenvalue weighted by molar-refractivity contribution is 0.0932. The van der Waals surface area contributed by atoms with Gasteiger partial charge in [-0.15, -0.1) is 0 Å². The molecule has 1 amide bonds. The van der Waals surface area contributed by atoms with Crippen molar-refractivity contribution in [1.82, 2.24) is 5.32 Å². The number of nitrogens with two attached hydrogens (primary N) is 1. The molecule has 126 valence electrons. The summed E-state index contributed by atoms with van der Waals surface area (Å²) in [5.74, 6) is 0.313. The van der Waals surface area contributed by atoms with Gasteiger partial charge >= 0.3 is 0 Å². The molecule has 0 bridgehead atoms. The van der Waals surface area contributed by atoms with Crippen LogP contribution in [-0.4, -0.2) is 11.6 Å². The zero-order valence-electron chi connectivity index (χ0n) is 14.5. The van der Waals surface area contributed by atoms with E-state index in [0.717, 1.165) is 12.0 Å². The third-order valence-corrected chi connectivity index (χ3v) is 3.93. The summed E-state index contributed by atoms with van der Waals surface area (Å²) in [5.41, 5.74) is 8.96. The molecule has 0 aliphatic rings. The molecule has 0 saturated carbocycles. The lowest BCUT2D eigenvalue weighted by atomic mass is 9.96. The molecule has 2 aromatic rings. The van der Waals surface area contributed by atoms with Crippen molar-refractivity contribution in [2.24, 2.45) is 5.92 Å². The first-order valence-corrected chi connectivity index (χ1v) is 8.19. The van der Waals surface area contributed by atoms with E-state index in [1.165, 1.54) is 0 Å². The van der Waals surface area contributed by atoms with Gasteiger partial charge < -0.3 is 16.5 Å². The normalized spacial score (nSPS) is 12.0. The maximum Gasteiger partial charge on any atom is 0.251 e. The summed E-state index contributed by atoms with van der Waals surface area (Å²) in [6.07, 6.45) is 0.862. The Morgan fingerprint density at radius 1 is 1.17 bits per heavy atom. The van der Waals surface area contributed by atoms with Crippen LogP contribution in [0.25, 0.3) is 0 Å². The predicted octanol–water partition coefficient (Wildman–Crippen LogP) is 4.17. The van der Waals surface area contributed by atoms with Crippen molar-refractivity contribution < 1.29 is 4.79 Å². The fourth-order valence-electron chi connectivity index (χ4n) is 2.70. The van der Waals surface area contributed by atoms with E-state index >= 15 is 0 Å². The highest BCUT2D eigenvalue weighted by Gasteiger charge is 2.18. The van der Waals surface area contributed by atoms with E-state index in [1.54, 1.807) is 25.1 Å². The quantitative estimate of drug-likeness (QED) is 0.551. The Morgan fingerprint density at radius 3 is 2.42 bits per heavy atom. The molecular weight excluding hydrogens is 298 g/mol. The molecular formula is C20H25N3O. The maximum atomic E-state index is 12.7. The third kappa shape index (κ3) is 4.44. The summed E-state index contributed by atoms with van der Waals surface area (Å²) in [6.45, 7) is 5.95. The minimum absolute atomic E-state index is 0.0409. The number of hydrogen-bond donors (Lipinski definition) is 3. The number of nitrogens with one attached hydrogen (secondary N) is 2. The van der Waals surface area contributed by atoms with Crippen molar-refractivity contribution in [1.29, 1.82) is 5.41 Å². The standard InChI is InChI=1S/C20H25N3O/c1-13(2)11-19(15-7-5-4-6-8-15)23-20(24)16-9-10-18(22)17(12-16)14(3)21/h4-10,12-13,19,21H,11,22H2,1-3H3,(H,23,24). The van der Waals surface area contributed by atoms with Gasteiger partial charge in [-0.05, 0) is 43.0 Å². The first-order valence-electron chi connectivity index (χ1n) is 8.19. The van der Waals surface area contributed by atoms with Crippen LogP contribution in [0, 0.1) is 11.3 Å². The zero-order chi connectivity index (χ0) is 17.7. The summed E-state index contributed by atoms with van der Waals surface area (Å²) in [7, 11) is 0. The summed E-state index contributed by atoms with van der Waals surface area (Å²) in [4.78, 5) is 12.7. The average Bonchev–Trinajstić information content (AvgIpc) is 2.54. The molecule has 0 fully saturated rings. The minimum atomic E-state index is -0.146. The molecule has 1 unspecified atom stereocenters. The fraction of sp³-hybridized carbons (Fsp3) is 0.300. The Hall–Kier alpha value is -2.62. The van der Waals surface area contributed by atoms with Gasteiger partial charge in [-0.3, -0.25) is 4.79 Å². The first kappa shape index (κ1) is 17.7. The SMILES string of the molecule is CC(=N)c1cc(C(=O)NC(CC(C)C)c2ccccc2)ccc1N. The molecule has 0 spiro atoms. The van der Waals surface area contributed by atoms with Gasteiger partial charge in [-0.2, -0.15) is 0 Å². The summed E-state index contributed by atoms with van der Waals surface area (Å²) >= 11 is 0. The van der Waals surface area contributed by atoms with Gasteiger partial charge in [0.05, 0.1) is 6.04 Å². The number of nitrogen functional groups attached to an aromatic ring is 1. The van der Waals surface area contributed by atoms with Crippen molar-refractivity contribution >= 4 is 17.3 Å². The Bertz CT molecular complexity index is 723. The second-order valence-electron chi connectivity index (χ2n) is 6.49. The van der Waals surface area contributed by atoms with E-state index in [9.17, 15) is 4.79 Å². The molecule has 0 saturated heterocycles. The highest BCUT2D eigenvalue weighted by molar-refractivity contribution is 6.04. The monoisotopic (exact) mass is 323 g/mol. The van der Waals surface area contributed by atoms with Crippen LogP contribution in [0.1, 0.15) is 54.7 Å². The van der Waals surface area contributed by atoms with Gasteiger partial charge in [0.2, 0.25) is 0 Å². The molecule has 0 radical (unpaired) electrons. The molecule has 1 atom stereocenters. The predicted molar refractivity (Wildman–Crippen MR) is 99.5 cm³/mol. The molecule has 0 aromatic heterocycles. The van der Waals surface area contributed by atoms with Crippen LogP contribution in [0.5, 0.6) is 0 Å². The Kier molecular flexibility index (Phi) is 5.74. The molecule has 0 aliphatic heterocycles. The second kappa shape index (κ2) is 7.77. The number of rotatable bonds is 6. The smallest absolute Gasteiger partial charge is 0.251 e. The highest BCUT2D eigenvalue weighted by atomic mass is 16.1. The van der Waals surface area contributed by atoms with Crippen LogP contribution in [0.2, 0.25) is 0 Å². The third-order valence-electron chi connectivity index (χ3n) is 3.93. The van der Waals surface area contributed by atoms with Crippen LogP contribution in [-0.2, 0) is 0 Å². The van der Waals surface area contributed by atoms with Gasteiger partial charge in [0.1, 0.15) is 0 Å². The minimum Gasteiger partial charge on any atom is -0.398 e. The molecule has 4 N–H and O–H groups in total. The van der Waals surface area contributed by atoms with E-state index in [4.69, 9.17) is 11.1 Å². The van der Waals surface area contributed by atoms with Crippen LogP contribution >= 0.6 is 0 Å². The van der Waals surface area contributed by atoms with Gasteiger partial charge in [0.25, 0.3) is 5.91 Å². The van der Waals surface area contributed by atoms with Crippen molar-refractivity contribution in [3.8, 4) is 0 Å². The number of benzene rings is 2. The molecule has 24 heavy (non-hydrogen) atoms. The fourth-order valence-corrected chi connectivity index (χ4v) is 2.70. The Balaban J connectivity index is 2.25. The van der Waals surface area contributed by atoms with Crippen LogP contribution < -0.4 is 11.1 Å². The molecule has 2 aromatic carbocycles. The van der Waals surface area contributed by atoms with E-state index in [-0.39, 0.29) is 11.9 Å². The maximum absolute atomic E-state index is 12.7. The van der Waals surface area contributed by atoms with Crippen molar-refractivity contribution in [3.05, 3.63) is 65.2 Å². The number of amides is 1. The van der Waals surface area contributed by atoms with E-state index < -0.39 is 0 Å². The second-order valence-corrected chi connectivity index (χ2v) is 6.49. The molecule has 0 heterocycles. The summed E-state index contributed by atoms with van der Waals surface area (Å²) in [6, 6.07) is 15.0. The summed E-state index contributed by atoms with van der Waals surface area (Å²) in [5, 5.41) is 10.9. The number of anilines is 1. The molecule has 4 nitrogen and oxygen atoms in total. The van der Waals surface area contributed by atoms with Gasteiger partial charge in [-0.25, -0.2) is 0 Å². The van der Waals surface area contributed by atoms with Crippen LogP contribution in [0.4, 0.5) is 5.69 Å².